The van der Waals surface area contributed by atoms with Crippen LogP contribution < -0.4 is 5.32 Å². The van der Waals surface area contributed by atoms with Gasteiger partial charge in [0.2, 0.25) is 0 Å². The number of carboxylic acids is 1. The van der Waals surface area contributed by atoms with Gasteiger partial charge in [-0.25, -0.2) is 4.79 Å². The van der Waals surface area contributed by atoms with E-state index >= 15 is 0 Å². The summed E-state index contributed by atoms with van der Waals surface area (Å²) in [4.78, 5) is 11.3. The zero-order valence-corrected chi connectivity index (χ0v) is 11.6. The minimum atomic E-state index is -1.54. The molecule has 0 bridgehead atoms. The molecule has 19 heavy (non-hydrogen) atoms. The highest BCUT2D eigenvalue weighted by molar-refractivity contribution is 6.32. The maximum atomic E-state index is 11.3. The molecule has 0 amide bonds. The molecule has 1 rings (SSSR count). The highest BCUT2D eigenvalue weighted by Crippen LogP contribution is 2.29. The van der Waals surface area contributed by atoms with Gasteiger partial charge < -0.3 is 15.5 Å². The van der Waals surface area contributed by atoms with Crippen molar-refractivity contribution in [2.75, 3.05) is 5.32 Å². The highest BCUT2D eigenvalue weighted by atomic mass is 35.5. The lowest BCUT2D eigenvalue weighted by Crippen LogP contribution is -2.52. The quantitative estimate of drug-likeness (QED) is 0.787. The van der Waals surface area contributed by atoms with E-state index in [1.54, 1.807) is 13.0 Å². The fraction of sp³-hybridized carbons (Fsp3) is 0.385. The number of anilines is 1. The lowest BCUT2D eigenvalue weighted by Gasteiger charge is -2.31. The molecule has 102 valence electrons. The molecule has 1 aromatic carbocycles. The van der Waals surface area contributed by atoms with Crippen molar-refractivity contribution >= 4 is 23.3 Å². The predicted octanol–water partition coefficient (Wildman–Crippen LogP) is 2.16. The topological polar surface area (TPSA) is 93.3 Å². The molecule has 2 atom stereocenters. The minimum absolute atomic E-state index is 0.269. The van der Waals surface area contributed by atoms with Crippen molar-refractivity contribution in [3.8, 4) is 6.07 Å². The summed E-state index contributed by atoms with van der Waals surface area (Å²) in [5.41, 5.74) is -0.190. The Hall–Kier alpha value is -1.77. The van der Waals surface area contributed by atoms with Gasteiger partial charge >= 0.3 is 5.97 Å². The van der Waals surface area contributed by atoms with E-state index in [2.05, 4.69) is 5.32 Å². The van der Waals surface area contributed by atoms with Gasteiger partial charge in [-0.05, 0) is 38.5 Å². The van der Waals surface area contributed by atoms with Crippen LogP contribution in [0.2, 0.25) is 5.02 Å². The molecule has 0 fully saturated rings. The Kier molecular flexibility index (Phi) is 4.40. The molecule has 0 spiro atoms. The Bertz CT molecular complexity index is 552. The van der Waals surface area contributed by atoms with E-state index in [1.807, 2.05) is 6.07 Å². The van der Waals surface area contributed by atoms with Gasteiger partial charge in [-0.2, -0.15) is 5.26 Å². The summed E-state index contributed by atoms with van der Waals surface area (Å²) in [5, 5.41) is 30.7. The van der Waals surface area contributed by atoms with Gasteiger partial charge in [0.25, 0.3) is 0 Å². The first-order chi connectivity index (χ1) is 8.74. The van der Waals surface area contributed by atoms with Gasteiger partial charge in [-0.1, -0.05) is 11.6 Å². The molecule has 0 radical (unpaired) electrons. The fourth-order valence-electron chi connectivity index (χ4n) is 1.52. The van der Waals surface area contributed by atoms with Crippen LogP contribution in [0.5, 0.6) is 0 Å². The van der Waals surface area contributed by atoms with Gasteiger partial charge in [-0.3, -0.25) is 0 Å². The first-order valence-corrected chi connectivity index (χ1v) is 6.00. The number of aliphatic hydroxyl groups is 1. The largest absolute Gasteiger partial charge is 0.479 e. The first-order valence-electron chi connectivity index (χ1n) is 5.63. The van der Waals surface area contributed by atoms with Crippen molar-refractivity contribution < 1.29 is 15.0 Å². The number of nitrogens with zero attached hydrogens (tertiary/aromatic N) is 1. The summed E-state index contributed by atoms with van der Waals surface area (Å²) in [5.74, 6) is -1.18. The molecule has 0 aliphatic rings. The zero-order chi connectivity index (χ0) is 14.8. The van der Waals surface area contributed by atoms with Gasteiger partial charge in [0.15, 0.2) is 5.54 Å². The van der Waals surface area contributed by atoms with Crippen LogP contribution in [-0.4, -0.2) is 27.8 Å². The molecule has 0 aliphatic heterocycles. The van der Waals surface area contributed by atoms with E-state index < -0.39 is 17.6 Å². The van der Waals surface area contributed by atoms with E-state index in [0.29, 0.717) is 16.8 Å². The van der Waals surface area contributed by atoms with Gasteiger partial charge in [0.1, 0.15) is 6.07 Å². The molecule has 6 heteroatoms. The van der Waals surface area contributed by atoms with Crippen LogP contribution in [0.15, 0.2) is 12.1 Å². The monoisotopic (exact) mass is 282 g/mol. The van der Waals surface area contributed by atoms with E-state index in [0.717, 1.165) is 0 Å². The number of carboxylic acid groups (broad SMARTS) is 1. The third kappa shape index (κ3) is 2.80. The van der Waals surface area contributed by atoms with E-state index in [-0.39, 0.29) is 5.02 Å². The van der Waals surface area contributed by atoms with Crippen molar-refractivity contribution in [2.45, 2.75) is 32.4 Å². The standard InChI is InChI=1S/C13H15ClN2O3/c1-7-10(5-4-9(6-15)11(7)14)16-13(3,8(2)17)12(18)19/h4-5,8,16-17H,1-3H3,(H,18,19)/t8-,13+/m0/s1. The van der Waals surface area contributed by atoms with E-state index in [4.69, 9.17) is 16.9 Å². The molecular formula is C13H15ClN2O3. The van der Waals surface area contributed by atoms with Crippen LogP contribution in [-0.2, 0) is 4.79 Å². The zero-order valence-electron chi connectivity index (χ0n) is 10.9. The van der Waals surface area contributed by atoms with Crippen molar-refractivity contribution in [3.05, 3.63) is 28.3 Å². The van der Waals surface area contributed by atoms with E-state index in [1.165, 1.54) is 19.9 Å². The second kappa shape index (κ2) is 5.47. The number of hydrogen-bond donors (Lipinski definition) is 3. The third-order valence-corrected chi connectivity index (χ3v) is 3.67. The molecule has 1 aromatic rings. The number of hydrogen-bond acceptors (Lipinski definition) is 4. The Morgan fingerprint density at radius 1 is 1.58 bits per heavy atom. The Morgan fingerprint density at radius 2 is 2.16 bits per heavy atom. The van der Waals surface area contributed by atoms with Crippen molar-refractivity contribution in [1.82, 2.24) is 0 Å². The summed E-state index contributed by atoms with van der Waals surface area (Å²) in [6, 6.07) is 5.02. The number of nitriles is 1. The Labute approximate surface area is 116 Å². The summed E-state index contributed by atoms with van der Waals surface area (Å²) in [6.07, 6.45) is -1.11. The fourth-order valence-corrected chi connectivity index (χ4v) is 1.73. The predicted molar refractivity (Wildman–Crippen MR) is 72.2 cm³/mol. The molecule has 0 saturated heterocycles. The average molecular weight is 283 g/mol. The third-order valence-electron chi connectivity index (χ3n) is 3.18. The van der Waals surface area contributed by atoms with Crippen molar-refractivity contribution in [1.29, 1.82) is 5.26 Å². The van der Waals surface area contributed by atoms with Crippen molar-refractivity contribution in [3.63, 3.8) is 0 Å². The summed E-state index contributed by atoms with van der Waals surface area (Å²) >= 11 is 6.01. The van der Waals surface area contributed by atoms with Crippen LogP contribution in [0.3, 0.4) is 0 Å². The van der Waals surface area contributed by atoms with Gasteiger partial charge in [0, 0.05) is 5.69 Å². The highest BCUT2D eigenvalue weighted by Gasteiger charge is 2.38. The second-order valence-corrected chi connectivity index (χ2v) is 4.90. The maximum absolute atomic E-state index is 11.3. The van der Waals surface area contributed by atoms with Crippen LogP contribution in [0.25, 0.3) is 0 Å². The molecule has 0 aliphatic carbocycles. The summed E-state index contributed by atoms with van der Waals surface area (Å²) < 4.78 is 0. The normalized spacial score (nSPS) is 15.2. The molecular weight excluding hydrogens is 268 g/mol. The lowest BCUT2D eigenvalue weighted by molar-refractivity contribution is -0.145. The molecule has 5 nitrogen and oxygen atoms in total. The SMILES string of the molecule is Cc1c(N[C@@](C)(C(=O)O)[C@H](C)O)ccc(C#N)c1Cl. The Morgan fingerprint density at radius 3 is 2.58 bits per heavy atom. The number of aliphatic carboxylic acids is 1. The average Bonchev–Trinajstić information content (AvgIpc) is 2.34. The summed E-state index contributed by atoms with van der Waals surface area (Å²) in [6.45, 7) is 4.45. The number of benzene rings is 1. The van der Waals surface area contributed by atoms with Crippen LogP contribution >= 0.6 is 11.6 Å². The van der Waals surface area contributed by atoms with Crippen LogP contribution in [0, 0.1) is 18.3 Å². The van der Waals surface area contributed by atoms with Crippen LogP contribution in [0.1, 0.15) is 25.0 Å². The van der Waals surface area contributed by atoms with Gasteiger partial charge in [0.05, 0.1) is 16.7 Å². The molecule has 0 heterocycles. The minimum Gasteiger partial charge on any atom is -0.479 e. The number of nitrogens with one attached hydrogen (secondary N) is 1. The number of halogens is 1. The van der Waals surface area contributed by atoms with Gasteiger partial charge in [-0.15, -0.1) is 0 Å². The second-order valence-electron chi connectivity index (χ2n) is 4.52. The first kappa shape index (κ1) is 15.3. The maximum Gasteiger partial charge on any atom is 0.331 e. The van der Waals surface area contributed by atoms with E-state index in [9.17, 15) is 15.0 Å². The smallest absolute Gasteiger partial charge is 0.331 e. The van der Waals surface area contributed by atoms with Crippen LogP contribution in [0.4, 0.5) is 5.69 Å². The Balaban J connectivity index is 3.24. The lowest BCUT2D eigenvalue weighted by atomic mass is 9.95. The molecule has 0 unspecified atom stereocenters. The number of aliphatic hydroxyl groups excluding tert-OH is 1. The summed E-state index contributed by atoms with van der Waals surface area (Å²) in [7, 11) is 0. The molecule has 0 aromatic heterocycles. The molecule has 3 N–H and O–H groups in total. The number of carbonyl (C=O) groups is 1. The molecule has 0 saturated carbocycles. The number of rotatable bonds is 4. The van der Waals surface area contributed by atoms with Crippen molar-refractivity contribution in [2.24, 2.45) is 0 Å².